The molecule has 1 aromatic carbocycles. The molecule has 0 amide bonds. The van der Waals surface area contributed by atoms with E-state index >= 15 is 0 Å². The van der Waals surface area contributed by atoms with Crippen molar-refractivity contribution < 1.29 is 21.2 Å². The van der Waals surface area contributed by atoms with Crippen LogP contribution in [0.3, 0.4) is 0 Å². The molecular formula is C12H15BrI+. The van der Waals surface area contributed by atoms with Crippen LogP contribution in [0.15, 0.2) is 38.9 Å². The molecule has 1 rings (SSSR count). The second-order valence-electron chi connectivity index (χ2n) is 3.06. The maximum atomic E-state index is 3.62. The first kappa shape index (κ1) is 12.2. The van der Waals surface area contributed by atoms with Crippen LogP contribution in [0, 0.1) is 3.57 Å². The van der Waals surface area contributed by atoms with Gasteiger partial charge in [0.25, 0.3) is 0 Å². The van der Waals surface area contributed by atoms with Crippen molar-refractivity contribution >= 4 is 15.9 Å². The molecule has 0 atom stereocenters. The van der Waals surface area contributed by atoms with Crippen LogP contribution in [-0.2, 0) is 0 Å². The molecule has 0 nitrogen and oxygen atoms in total. The van der Waals surface area contributed by atoms with Crippen LogP contribution < -0.4 is 21.2 Å². The summed E-state index contributed by atoms with van der Waals surface area (Å²) in [6, 6.07) is 10.7. The van der Waals surface area contributed by atoms with E-state index in [2.05, 4.69) is 57.3 Å². The molecule has 0 radical (unpaired) electrons. The molecule has 0 aliphatic heterocycles. The van der Waals surface area contributed by atoms with Crippen molar-refractivity contribution in [3.63, 3.8) is 0 Å². The normalized spacial score (nSPS) is 11.7. The van der Waals surface area contributed by atoms with Crippen LogP contribution in [0.4, 0.5) is 0 Å². The molecule has 0 saturated heterocycles. The van der Waals surface area contributed by atoms with Crippen LogP contribution in [0.5, 0.6) is 0 Å². The van der Waals surface area contributed by atoms with E-state index in [1.165, 1.54) is 27.3 Å². The van der Waals surface area contributed by atoms with Crippen molar-refractivity contribution in [1.82, 2.24) is 0 Å². The molecule has 0 unspecified atom stereocenters. The third-order valence-electron chi connectivity index (χ3n) is 1.80. The lowest BCUT2D eigenvalue weighted by Crippen LogP contribution is -3.59. The smallest absolute Gasteiger partial charge is 0.0654 e. The Balaban J connectivity index is 2.39. The second kappa shape index (κ2) is 7.46. The number of halogens is 2. The van der Waals surface area contributed by atoms with Gasteiger partial charge >= 0.3 is 21.2 Å². The van der Waals surface area contributed by atoms with Crippen molar-refractivity contribution in [3.8, 4) is 0 Å². The van der Waals surface area contributed by atoms with Gasteiger partial charge in [0.15, 0.2) is 7.65 Å². The van der Waals surface area contributed by atoms with Gasteiger partial charge in [-0.25, -0.2) is 0 Å². The predicted molar refractivity (Wildman–Crippen MR) is 61.7 cm³/mol. The van der Waals surface area contributed by atoms with Crippen molar-refractivity contribution in [2.45, 2.75) is 26.2 Å². The SMILES string of the molecule is CCCC/C(Br)=C/[I+]c1ccccc1. The lowest BCUT2D eigenvalue weighted by molar-refractivity contribution is -0.557. The van der Waals surface area contributed by atoms with E-state index < -0.39 is 0 Å². The monoisotopic (exact) mass is 365 g/mol. The average molecular weight is 366 g/mol. The molecule has 0 aliphatic carbocycles. The molecule has 0 spiro atoms. The predicted octanol–water partition coefficient (Wildman–Crippen LogP) is 1.37. The molecule has 1 aromatic rings. The zero-order valence-electron chi connectivity index (χ0n) is 8.34. The first-order valence-electron chi connectivity index (χ1n) is 4.86. The zero-order valence-corrected chi connectivity index (χ0v) is 12.1. The summed E-state index contributed by atoms with van der Waals surface area (Å²) < 4.78 is 5.25. The Labute approximate surface area is 105 Å². The van der Waals surface area contributed by atoms with E-state index in [9.17, 15) is 0 Å². The topological polar surface area (TPSA) is 0 Å². The summed E-state index contributed by atoms with van der Waals surface area (Å²) >= 11 is 3.68. The van der Waals surface area contributed by atoms with Crippen molar-refractivity contribution in [2.24, 2.45) is 0 Å². The second-order valence-corrected chi connectivity index (χ2v) is 6.57. The highest BCUT2D eigenvalue weighted by Gasteiger charge is 2.07. The van der Waals surface area contributed by atoms with Crippen LogP contribution in [0.1, 0.15) is 26.2 Å². The van der Waals surface area contributed by atoms with Crippen LogP contribution in [0.2, 0.25) is 0 Å². The quantitative estimate of drug-likeness (QED) is 0.691. The van der Waals surface area contributed by atoms with E-state index in [0.717, 1.165) is 0 Å². The molecule has 76 valence electrons. The molecule has 0 fully saturated rings. The summed E-state index contributed by atoms with van der Waals surface area (Å²) in [6.45, 7) is 2.23. The van der Waals surface area contributed by atoms with Gasteiger partial charge in [-0.2, -0.15) is 0 Å². The largest absolute Gasteiger partial charge is 0.350 e. The fourth-order valence-corrected chi connectivity index (χ4v) is 3.71. The van der Waals surface area contributed by atoms with E-state index in [1.807, 2.05) is 0 Å². The first-order valence-corrected chi connectivity index (χ1v) is 7.97. The van der Waals surface area contributed by atoms with Gasteiger partial charge in [0.1, 0.15) is 0 Å². The zero-order chi connectivity index (χ0) is 10.2. The molecule has 0 aliphatic rings. The van der Waals surface area contributed by atoms with Crippen molar-refractivity contribution in [2.75, 3.05) is 0 Å². The van der Waals surface area contributed by atoms with Gasteiger partial charge in [0.05, 0.1) is 0 Å². The van der Waals surface area contributed by atoms with Gasteiger partial charge in [0.2, 0.25) is 0 Å². The van der Waals surface area contributed by atoms with E-state index in [4.69, 9.17) is 0 Å². The Morgan fingerprint density at radius 3 is 2.71 bits per heavy atom. The molecular weight excluding hydrogens is 351 g/mol. The van der Waals surface area contributed by atoms with E-state index in [-0.39, 0.29) is 21.2 Å². The standard InChI is InChI=1S/C12H15BrI/c1-2-3-7-11(13)10-14-12-8-5-4-6-9-12/h4-6,8-10H,2-3,7H2,1H3/q+1/b11-10-. The molecule has 14 heavy (non-hydrogen) atoms. The Morgan fingerprint density at radius 2 is 2.07 bits per heavy atom. The summed E-state index contributed by atoms with van der Waals surface area (Å²) in [4.78, 5) is 0. The summed E-state index contributed by atoms with van der Waals surface area (Å²) in [7, 11) is 0. The third kappa shape index (κ3) is 5.15. The molecule has 0 saturated carbocycles. The summed E-state index contributed by atoms with van der Waals surface area (Å²) in [5.74, 6) is 0. The Hall–Kier alpha value is 0.170. The number of allylic oxidation sites excluding steroid dienone is 1. The lowest BCUT2D eigenvalue weighted by atomic mass is 10.2. The van der Waals surface area contributed by atoms with E-state index in [0.29, 0.717) is 0 Å². The number of rotatable bonds is 5. The third-order valence-corrected chi connectivity index (χ3v) is 5.78. The highest BCUT2D eigenvalue weighted by molar-refractivity contribution is 9.11. The minimum absolute atomic E-state index is 0.0598. The fraction of sp³-hybridized carbons (Fsp3) is 0.333. The van der Waals surface area contributed by atoms with Crippen LogP contribution in [0.25, 0.3) is 0 Å². The first-order chi connectivity index (χ1) is 6.83. The highest BCUT2D eigenvalue weighted by atomic mass is 127. The van der Waals surface area contributed by atoms with Gasteiger partial charge in [-0.05, 0) is 25.0 Å². The van der Waals surface area contributed by atoms with E-state index in [1.54, 1.807) is 0 Å². The molecule has 0 N–H and O–H groups in total. The van der Waals surface area contributed by atoms with Crippen molar-refractivity contribution in [3.05, 3.63) is 42.5 Å². The minimum Gasteiger partial charge on any atom is -0.0654 e. The number of unbranched alkanes of at least 4 members (excludes halogenated alkanes) is 1. The summed E-state index contributed by atoms with van der Waals surface area (Å²) in [5, 5.41) is 0. The maximum absolute atomic E-state index is 3.62. The van der Waals surface area contributed by atoms with Gasteiger partial charge in [0, 0.05) is 4.48 Å². The molecule has 0 heterocycles. The number of hydrogen-bond acceptors (Lipinski definition) is 0. The number of hydrogen-bond donors (Lipinski definition) is 0. The number of benzene rings is 1. The highest BCUT2D eigenvalue weighted by Crippen LogP contribution is 2.11. The Morgan fingerprint density at radius 1 is 1.36 bits per heavy atom. The van der Waals surface area contributed by atoms with Gasteiger partial charge in [-0.1, -0.05) is 47.5 Å². The van der Waals surface area contributed by atoms with Gasteiger partial charge in [-0.3, -0.25) is 0 Å². The Kier molecular flexibility index (Phi) is 6.52. The Bertz CT molecular complexity index is 280. The molecule has 2 heteroatoms. The van der Waals surface area contributed by atoms with Crippen LogP contribution >= 0.6 is 15.9 Å². The lowest BCUT2D eigenvalue weighted by Gasteiger charge is -1.90. The summed E-state index contributed by atoms with van der Waals surface area (Å²) in [6.07, 6.45) is 3.76. The molecule has 0 aromatic heterocycles. The fourth-order valence-electron chi connectivity index (χ4n) is 1.01. The van der Waals surface area contributed by atoms with Crippen LogP contribution in [-0.4, -0.2) is 0 Å². The van der Waals surface area contributed by atoms with Crippen molar-refractivity contribution in [1.29, 1.82) is 0 Å². The molecule has 0 bridgehead atoms. The minimum atomic E-state index is 0.0598. The van der Waals surface area contributed by atoms with Gasteiger partial charge in [-0.15, -0.1) is 0 Å². The maximum Gasteiger partial charge on any atom is 0.350 e. The average Bonchev–Trinajstić information content (AvgIpc) is 2.25. The summed E-state index contributed by atoms with van der Waals surface area (Å²) in [5.41, 5.74) is 0. The van der Waals surface area contributed by atoms with Gasteiger partial charge < -0.3 is 0 Å².